The minimum Gasteiger partial charge on any atom is -0.320 e. The number of rotatable bonds is 3. The van der Waals surface area contributed by atoms with Crippen molar-refractivity contribution in [2.24, 2.45) is 11.7 Å². The van der Waals surface area contributed by atoms with Crippen LogP contribution in [0.2, 0.25) is 0 Å². The van der Waals surface area contributed by atoms with Crippen molar-refractivity contribution in [2.45, 2.75) is 26.8 Å². The minimum absolute atomic E-state index is 0.134. The SMILES string of the molecule is Cc1nc(NC(=O)[C@@H](N)C(C)C)cs1. The summed E-state index contributed by atoms with van der Waals surface area (Å²) in [5.41, 5.74) is 5.68. The molecule has 0 aromatic carbocycles. The van der Waals surface area contributed by atoms with Gasteiger partial charge in [0.05, 0.1) is 11.0 Å². The number of nitrogens with zero attached hydrogens (tertiary/aromatic N) is 1. The van der Waals surface area contributed by atoms with Crippen molar-refractivity contribution in [3.8, 4) is 0 Å². The number of aromatic nitrogens is 1. The Hall–Kier alpha value is -0.940. The summed E-state index contributed by atoms with van der Waals surface area (Å²) in [4.78, 5) is 15.6. The molecule has 14 heavy (non-hydrogen) atoms. The third kappa shape index (κ3) is 2.78. The molecule has 0 aliphatic carbocycles. The largest absolute Gasteiger partial charge is 0.320 e. The minimum atomic E-state index is -0.475. The Bertz CT molecular complexity index is 322. The normalized spacial score (nSPS) is 12.9. The molecule has 1 aromatic rings. The molecular weight excluding hydrogens is 198 g/mol. The van der Waals surface area contributed by atoms with Crippen LogP contribution in [0.1, 0.15) is 18.9 Å². The molecule has 1 atom stereocenters. The summed E-state index contributed by atoms with van der Waals surface area (Å²) < 4.78 is 0. The van der Waals surface area contributed by atoms with Gasteiger partial charge < -0.3 is 11.1 Å². The lowest BCUT2D eigenvalue weighted by Crippen LogP contribution is -2.39. The number of amides is 1. The number of anilines is 1. The highest BCUT2D eigenvalue weighted by atomic mass is 32.1. The summed E-state index contributed by atoms with van der Waals surface area (Å²) in [7, 11) is 0. The van der Waals surface area contributed by atoms with Crippen LogP contribution in [-0.4, -0.2) is 16.9 Å². The van der Waals surface area contributed by atoms with Crippen molar-refractivity contribution >= 4 is 23.1 Å². The van der Waals surface area contributed by atoms with Gasteiger partial charge in [-0.25, -0.2) is 4.98 Å². The summed E-state index contributed by atoms with van der Waals surface area (Å²) in [5.74, 6) is 0.550. The Morgan fingerprint density at radius 3 is 2.71 bits per heavy atom. The van der Waals surface area contributed by atoms with Gasteiger partial charge in [-0.2, -0.15) is 0 Å². The molecule has 0 saturated carbocycles. The highest BCUT2D eigenvalue weighted by Gasteiger charge is 2.17. The molecule has 0 unspecified atom stereocenters. The average Bonchev–Trinajstić information content (AvgIpc) is 2.49. The maximum Gasteiger partial charge on any atom is 0.242 e. The number of nitrogens with one attached hydrogen (secondary N) is 1. The van der Waals surface area contributed by atoms with E-state index in [4.69, 9.17) is 5.73 Å². The second-order valence-corrected chi connectivity index (χ2v) is 4.57. The summed E-state index contributed by atoms with van der Waals surface area (Å²) in [6.07, 6.45) is 0. The average molecular weight is 213 g/mol. The number of carbonyl (C=O) groups excluding carboxylic acids is 1. The fourth-order valence-corrected chi connectivity index (χ4v) is 1.48. The zero-order valence-corrected chi connectivity index (χ0v) is 9.39. The van der Waals surface area contributed by atoms with E-state index < -0.39 is 6.04 Å². The number of hydrogen-bond acceptors (Lipinski definition) is 4. The zero-order valence-electron chi connectivity index (χ0n) is 8.57. The van der Waals surface area contributed by atoms with Gasteiger partial charge in [-0.1, -0.05) is 13.8 Å². The molecule has 78 valence electrons. The number of aryl methyl sites for hydroxylation is 1. The van der Waals surface area contributed by atoms with E-state index >= 15 is 0 Å². The first kappa shape index (κ1) is 11.1. The van der Waals surface area contributed by atoms with Crippen LogP contribution in [0.4, 0.5) is 5.82 Å². The summed E-state index contributed by atoms with van der Waals surface area (Å²) in [6, 6.07) is -0.475. The Morgan fingerprint density at radius 2 is 2.29 bits per heavy atom. The molecular formula is C9H15N3OS. The van der Waals surface area contributed by atoms with Gasteiger partial charge >= 0.3 is 0 Å². The maximum absolute atomic E-state index is 11.5. The number of hydrogen-bond donors (Lipinski definition) is 2. The molecule has 0 bridgehead atoms. The van der Waals surface area contributed by atoms with E-state index in [1.54, 1.807) is 5.38 Å². The molecule has 0 fully saturated rings. The van der Waals surface area contributed by atoms with Crippen LogP contribution in [0, 0.1) is 12.8 Å². The Kier molecular flexibility index (Phi) is 3.60. The van der Waals surface area contributed by atoms with Gasteiger partial charge in [-0.3, -0.25) is 4.79 Å². The second-order valence-electron chi connectivity index (χ2n) is 3.51. The van der Waals surface area contributed by atoms with Crippen molar-refractivity contribution < 1.29 is 4.79 Å². The van der Waals surface area contributed by atoms with Crippen molar-refractivity contribution in [3.63, 3.8) is 0 Å². The van der Waals surface area contributed by atoms with Crippen molar-refractivity contribution in [1.29, 1.82) is 0 Å². The zero-order chi connectivity index (χ0) is 10.7. The smallest absolute Gasteiger partial charge is 0.242 e. The van der Waals surface area contributed by atoms with Gasteiger partial charge in [-0.05, 0) is 12.8 Å². The Balaban J connectivity index is 2.57. The predicted octanol–water partition coefficient (Wildman–Crippen LogP) is 1.37. The lowest BCUT2D eigenvalue weighted by molar-refractivity contribution is -0.118. The molecule has 4 nitrogen and oxygen atoms in total. The van der Waals surface area contributed by atoms with Crippen LogP contribution >= 0.6 is 11.3 Å². The number of thiazole rings is 1. The van der Waals surface area contributed by atoms with Crippen LogP contribution in [0.3, 0.4) is 0 Å². The first-order valence-corrected chi connectivity index (χ1v) is 5.37. The van der Waals surface area contributed by atoms with Crippen LogP contribution in [-0.2, 0) is 4.79 Å². The van der Waals surface area contributed by atoms with Crippen LogP contribution in [0.5, 0.6) is 0 Å². The fraction of sp³-hybridized carbons (Fsp3) is 0.556. The van der Waals surface area contributed by atoms with Crippen LogP contribution < -0.4 is 11.1 Å². The molecule has 0 saturated heterocycles. The quantitative estimate of drug-likeness (QED) is 0.797. The Labute approximate surface area is 87.5 Å². The molecule has 1 heterocycles. The van der Waals surface area contributed by atoms with Gasteiger partial charge in [-0.15, -0.1) is 11.3 Å². The van der Waals surface area contributed by atoms with Crippen molar-refractivity contribution in [1.82, 2.24) is 4.98 Å². The summed E-state index contributed by atoms with van der Waals surface area (Å²) in [6.45, 7) is 5.72. The Morgan fingerprint density at radius 1 is 1.64 bits per heavy atom. The monoisotopic (exact) mass is 213 g/mol. The molecule has 1 amide bonds. The van der Waals surface area contributed by atoms with E-state index in [2.05, 4.69) is 10.3 Å². The van der Waals surface area contributed by atoms with Gasteiger partial charge in [0.2, 0.25) is 5.91 Å². The third-order valence-electron chi connectivity index (χ3n) is 1.89. The maximum atomic E-state index is 11.5. The van der Waals surface area contributed by atoms with Gasteiger partial charge in [0.15, 0.2) is 0 Å². The second kappa shape index (κ2) is 4.52. The first-order valence-electron chi connectivity index (χ1n) is 4.49. The van der Waals surface area contributed by atoms with Crippen LogP contribution in [0.25, 0.3) is 0 Å². The fourth-order valence-electron chi connectivity index (χ4n) is 0.933. The van der Waals surface area contributed by atoms with E-state index in [0.717, 1.165) is 5.01 Å². The van der Waals surface area contributed by atoms with E-state index in [9.17, 15) is 4.79 Å². The topological polar surface area (TPSA) is 68.0 Å². The van der Waals surface area contributed by atoms with Crippen LogP contribution in [0.15, 0.2) is 5.38 Å². The van der Waals surface area contributed by atoms with E-state index in [1.165, 1.54) is 11.3 Å². The van der Waals surface area contributed by atoms with E-state index in [0.29, 0.717) is 5.82 Å². The van der Waals surface area contributed by atoms with E-state index in [-0.39, 0.29) is 11.8 Å². The molecule has 0 spiro atoms. The summed E-state index contributed by atoms with van der Waals surface area (Å²) in [5, 5.41) is 5.41. The third-order valence-corrected chi connectivity index (χ3v) is 2.66. The van der Waals surface area contributed by atoms with Gasteiger partial charge in [0.1, 0.15) is 5.82 Å². The molecule has 0 aliphatic rings. The van der Waals surface area contributed by atoms with Crippen molar-refractivity contribution in [2.75, 3.05) is 5.32 Å². The highest BCUT2D eigenvalue weighted by molar-refractivity contribution is 7.09. The van der Waals surface area contributed by atoms with Gasteiger partial charge in [0.25, 0.3) is 0 Å². The number of carbonyl (C=O) groups is 1. The standard InChI is InChI=1S/C9H15N3OS/c1-5(2)8(10)9(13)12-7-4-14-6(3)11-7/h4-5,8H,10H2,1-3H3,(H,12,13)/t8-/m0/s1. The van der Waals surface area contributed by atoms with Crippen molar-refractivity contribution in [3.05, 3.63) is 10.4 Å². The lowest BCUT2D eigenvalue weighted by Gasteiger charge is -2.13. The number of nitrogens with two attached hydrogens (primary N) is 1. The highest BCUT2D eigenvalue weighted by Crippen LogP contribution is 2.13. The molecule has 3 N–H and O–H groups in total. The molecule has 1 rings (SSSR count). The first-order chi connectivity index (χ1) is 6.50. The molecule has 0 radical (unpaired) electrons. The lowest BCUT2D eigenvalue weighted by atomic mass is 10.1. The molecule has 1 aromatic heterocycles. The van der Waals surface area contributed by atoms with Gasteiger partial charge in [0, 0.05) is 5.38 Å². The predicted molar refractivity (Wildman–Crippen MR) is 58.3 cm³/mol. The van der Waals surface area contributed by atoms with E-state index in [1.807, 2.05) is 20.8 Å². The molecule has 0 aliphatic heterocycles. The molecule has 5 heteroatoms. The summed E-state index contributed by atoms with van der Waals surface area (Å²) >= 11 is 1.50.